The zero-order valence-electron chi connectivity index (χ0n) is 10.1. The van der Waals surface area contributed by atoms with E-state index in [4.69, 9.17) is 5.11 Å². The molecule has 0 aromatic carbocycles. The second-order valence-corrected chi connectivity index (χ2v) is 3.32. The van der Waals surface area contributed by atoms with Crippen molar-refractivity contribution in [1.82, 2.24) is 4.90 Å². The van der Waals surface area contributed by atoms with E-state index in [9.17, 15) is 9.59 Å². The van der Waals surface area contributed by atoms with Gasteiger partial charge in [0.25, 0.3) is 0 Å². The molecule has 1 atom stereocenters. The Bertz CT molecular complexity index is 192. The first kappa shape index (κ1) is 16.3. The van der Waals surface area contributed by atoms with Crippen LogP contribution in [0.1, 0.15) is 27.2 Å². The Morgan fingerprint density at radius 2 is 1.87 bits per heavy atom. The van der Waals surface area contributed by atoms with Crippen LogP contribution in [-0.2, 0) is 14.3 Å². The molecule has 0 saturated heterocycles. The van der Waals surface area contributed by atoms with E-state index in [0.29, 0.717) is 6.61 Å². The number of hydrogen-bond donors (Lipinski definition) is 1. The lowest BCUT2D eigenvalue weighted by molar-refractivity contribution is -0.142. The molecule has 0 aliphatic carbocycles. The highest BCUT2D eigenvalue weighted by Gasteiger charge is 2.11. The highest BCUT2D eigenvalue weighted by molar-refractivity contribution is 5.72. The third kappa shape index (κ3) is 12.9. The van der Waals surface area contributed by atoms with Gasteiger partial charge >= 0.3 is 11.9 Å². The Morgan fingerprint density at radius 1 is 1.40 bits per heavy atom. The summed E-state index contributed by atoms with van der Waals surface area (Å²) in [7, 11) is 3.47. The number of aliphatic carboxylic acids is 1. The van der Waals surface area contributed by atoms with E-state index in [1.165, 1.54) is 6.92 Å². The van der Waals surface area contributed by atoms with E-state index < -0.39 is 5.97 Å². The molecule has 0 radical (unpaired) electrons. The molecule has 15 heavy (non-hydrogen) atoms. The Kier molecular flexibility index (Phi) is 10.3. The first-order valence-corrected chi connectivity index (χ1v) is 4.85. The Morgan fingerprint density at radius 3 is 1.93 bits per heavy atom. The number of nitrogens with zero attached hydrogens (tertiary/aromatic N) is 1. The topological polar surface area (TPSA) is 66.8 Å². The average molecular weight is 219 g/mol. The first-order chi connectivity index (χ1) is 6.82. The van der Waals surface area contributed by atoms with Crippen LogP contribution in [0.15, 0.2) is 0 Å². The average Bonchev–Trinajstić information content (AvgIpc) is 2.14. The molecule has 1 N–H and O–H groups in total. The standard InChI is InChI=1S/C5H11NO2.C5H10O2/c1-4(5(7)8)6(2)3;1-3-4-7-5(2)6/h4H,1-3H3,(H,7,8);3-4H2,1-2H3. The summed E-state index contributed by atoms with van der Waals surface area (Å²) in [6.45, 7) is 5.57. The zero-order valence-corrected chi connectivity index (χ0v) is 10.1. The van der Waals surface area contributed by atoms with Gasteiger partial charge in [-0.1, -0.05) is 6.92 Å². The molecular formula is C10H21NO4. The predicted octanol–water partition coefficient (Wildman–Crippen LogP) is 0.981. The molecule has 0 aromatic rings. The first-order valence-electron chi connectivity index (χ1n) is 4.85. The van der Waals surface area contributed by atoms with Gasteiger partial charge in [-0.2, -0.15) is 0 Å². The number of carbonyl (C=O) groups is 2. The maximum atomic E-state index is 10.1. The van der Waals surface area contributed by atoms with Crippen LogP contribution in [0.3, 0.4) is 0 Å². The largest absolute Gasteiger partial charge is 0.480 e. The van der Waals surface area contributed by atoms with Crippen molar-refractivity contribution in [2.45, 2.75) is 33.2 Å². The number of hydrogen-bond acceptors (Lipinski definition) is 4. The van der Waals surface area contributed by atoms with E-state index in [2.05, 4.69) is 4.74 Å². The molecule has 0 rings (SSSR count). The number of likely N-dealkylation sites (N-methyl/N-ethyl adjacent to an activating group) is 1. The second kappa shape index (κ2) is 9.45. The minimum atomic E-state index is -0.782. The fourth-order valence-electron chi connectivity index (χ4n) is 0.467. The van der Waals surface area contributed by atoms with Crippen molar-refractivity contribution in [3.05, 3.63) is 0 Å². The van der Waals surface area contributed by atoms with Gasteiger partial charge in [0, 0.05) is 6.92 Å². The number of carboxylic acid groups (broad SMARTS) is 1. The Hall–Kier alpha value is -1.10. The molecule has 0 heterocycles. The third-order valence-corrected chi connectivity index (χ3v) is 1.64. The van der Waals surface area contributed by atoms with Crippen molar-refractivity contribution in [3.8, 4) is 0 Å². The highest BCUT2D eigenvalue weighted by atomic mass is 16.5. The molecule has 1 unspecified atom stereocenters. The second-order valence-electron chi connectivity index (χ2n) is 3.32. The van der Waals surface area contributed by atoms with Crippen LogP contribution in [-0.4, -0.2) is 48.7 Å². The molecule has 5 nitrogen and oxygen atoms in total. The summed E-state index contributed by atoms with van der Waals surface area (Å²) in [5.74, 6) is -0.975. The number of esters is 1. The number of carboxylic acids is 1. The molecule has 0 aliphatic rings. The third-order valence-electron chi connectivity index (χ3n) is 1.64. The summed E-state index contributed by atoms with van der Waals surface area (Å²) in [6, 6.07) is -0.380. The molecule has 5 heteroatoms. The van der Waals surface area contributed by atoms with Crippen molar-refractivity contribution >= 4 is 11.9 Å². The summed E-state index contributed by atoms with van der Waals surface area (Å²) < 4.78 is 4.55. The Labute approximate surface area is 91.0 Å². The minimum Gasteiger partial charge on any atom is -0.480 e. The minimum absolute atomic E-state index is 0.193. The number of carbonyl (C=O) groups excluding carboxylic acids is 1. The van der Waals surface area contributed by atoms with Gasteiger partial charge in [0.1, 0.15) is 6.04 Å². The van der Waals surface area contributed by atoms with E-state index in [-0.39, 0.29) is 12.0 Å². The highest BCUT2D eigenvalue weighted by Crippen LogP contribution is 1.88. The molecule has 90 valence electrons. The normalized spacial score (nSPS) is 11.3. The van der Waals surface area contributed by atoms with Crippen LogP contribution < -0.4 is 0 Å². The number of ether oxygens (including phenoxy) is 1. The van der Waals surface area contributed by atoms with Crippen LogP contribution >= 0.6 is 0 Å². The van der Waals surface area contributed by atoms with Gasteiger partial charge in [0.05, 0.1) is 6.61 Å². The van der Waals surface area contributed by atoms with Crippen molar-refractivity contribution in [3.63, 3.8) is 0 Å². The van der Waals surface area contributed by atoms with Crippen molar-refractivity contribution in [2.75, 3.05) is 20.7 Å². The molecule has 0 aliphatic heterocycles. The fourth-order valence-corrected chi connectivity index (χ4v) is 0.467. The lowest BCUT2D eigenvalue weighted by Gasteiger charge is -2.13. The zero-order chi connectivity index (χ0) is 12.4. The van der Waals surface area contributed by atoms with E-state index in [0.717, 1.165) is 6.42 Å². The Balaban J connectivity index is 0. The van der Waals surface area contributed by atoms with Gasteiger partial charge in [-0.3, -0.25) is 14.5 Å². The van der Waals surface area contributed by atoms with Crippen LogP contribution in [0.2, 0.25) is 0 Å². The van der Waals surface area contributed by atoms with Crippen molar-refractivity contribution in [1.29, 1.82) is 0 Å². The van der Waals surface area contributed by atoms with E-state index in [1.807, 2.05) is 6.92 Å². The summed E-state index contributed by atoms with van der Waals surface area (Å²) in [6.07, 6.45) is 0.902. The quantitative estimate of drug-likeness (QED) is 0.714. The molecule has 0 fully saturated rings. The van der Waals surface area contributed by atoms with E-state index >= 15 is 0 Å². The molecule has 0 saturated carbocycles. The molecule has 0 bridgehead atoms. The van der Waals surface area contributed by atoms with E-state index in [1.54, 1.807) is 25.9 Å². The number of rotatable bonds is 4. The van der Waals surface area contributed by atoms with Gasteiger partial charge in [0.15, 0.2) is 0 Å². The summed E-state index contributed by atoms with van der Waals surface area (Å²) in [4.78, 5) is 21.7. The summed E-state index contributed by atoms with van der Waals surface area (Å²) in [5.41, 5.74) is 0. The molecule has 0 spiro atoms. The van der Waals surface area contributed by atoms with Gasteiger partial charge in [-0.15, -0.1) is 0 Å². The molecule has 0 aromatic heterocycles. The predicted molar refractivity (Wildman–Crippen MR) is 57.7 cm³/mol. The van der Waals surface area contributed by atoms with Crippen LogP contribution in [0, 0.1) is 0 Å². The van der Waals surface area contributed by atoms with Gasteiger partial charge in [-0.05, 0) is 27.4 Å². The maximum Gasteiger partial charge on any atom is 0.320 e. The van der Waals surface area contributed by atoms with Crippen molar-refractivity contribution < 1.29 is 19.4 Å². The van der Waals surface area contributed by atoms with Crippen molar-refractivity contribution in [2.24, 2.45) is 0 Å². The van der Waals surface area contributed by atoms with Crippen LogP contribution in [0.5, 0.6) is 0 Å². The van der Waals surface area contributed by atoms with Gasteiger partial charge in [0.2, 0.25) is 0 Å². The lowest BCUT2D eigenvalue weighted by atomic mass is 10.3. The lowest BCUT2D eigenvalue weighted by Crippen LogP contribution is -2.32. The molecule has 0 amide bonds. The van der Waals surface area contributed by atoms with Crippen LogP contribution in [0.25, 0.3) is 0 Å². The smallest absolute Gasteiger partial charge is 0.320 e. The molecular weight excluding hydrogens is 198 g/mol. The van der Waals surface area contributed by atoms with Crippen LogP contribution in [0.4, 0.5) is 0 Å². The van der Waals surface area contributed by atoms with Gasteiger partial charge < -0.3 is 9.84 Å². The summed E-state index contributed by atoms with van der Waals surface area (Å²) in [5, 5.41) is 8.31. The summed E-state index contributed by atoms with van der Waals surface area (Å²) >= 11 is 0. The SMILES string of the molecule is CC(C(=O)O)N(C)C.CCCOC(C)=O. The van der Waals surface area contributed by atoms with Gasteiger partial charge in [-0.25, -0.2) is 0 Å². The monoisotopic (exact) mass is 219 g/mol. The fraction of sp³-hybridized carbons (Fsp3) is 0.800. The maximum absolute atomic E-state index is 10.1.